The zero-order chi connectivity index (χ0) is 14.8. The number of nitrogens with zero attached hydrogens (tertiary/aromatic N) is 3. The van der Waals surface area contributed by atoms with Gasteiger partial charge in [0.25, 0.3) is 0 Å². The highest BCUT2D eigenvalue weighted by molar-refractivity contribution is 5.62. The quantitative estimate of drug-likeness (QED) is 0.868. The number of hydrogen-bond acceptors (Lipinski definition) is 6. The minimum absolute atomic E-state index is 0.0781. The first-order valence-electron chi connectivity index (χ1n) is 6.49. The molecule has 3 rings (SSSR count). The van der Waals surface area contributed by atoms with Gasteiger partial charge in [-0.15, -0.1) is 0 Å². The molecule has 0 atom stereocenters. The minimum Gasteiger partial charge on any atom is -0.434 e. The van der Waals surface area contributed by atoms with Crippen molar-refractivity contribution in [1.82, 2.24) is 9.97 Å². The van der Waals surface area contributed by atoms with Crippen LogP contribution in [0.15, 0.2) is 24.5 Å². The van der Waals surface area contributed by atoms with Gasteiger partial charge >= 0.3 is 0 Å². The summed E-state index contributed by atoms with van der Waals surface area (Å²) in [6, 6.07) is 4.27. The Bertz CT molecular complexity index is 663. The summed E-state index contributed by atoms with van der Waals surface area (Å²) in [5, 5.41) is 0. The van der Waals surface area contributed by atoms with Crippen LogP contribution in [0.1, 0.15) is 5.69 Å². The first-order valence-corrected chi connectivity index (χ1v) is 6.49. The Morgan fingerprint density at radius 3 is 3.00 bits per heavy atom. The van der Waals surface area contributed by atoms with Crippen LogP contribution in [0, 0.1) is 5.82 Å². The van der Waals surface area contributed by atoms with Crippen LogP contribution in [0.5, 0.6) is 11.6 Å². The van der Waals surface area contributed by atoms with Gasteiger partial charge in [0.2, 0.25) is 5.88 Å². The Balaban J connectivity index is 1.95. The zero-order valence-corrected chi connectivity index (χ0v) is 11.5. The van der Waals surface area contributed by atoms with E-state index < -0.39 is 5.82 Å². The summed E-state index contributed by atoms with van der Waals surface area (Å²) in [6.45, 7) is 1.17. The molecule has 110 valence electrons. The van der Waals surface area contributed by atoms with Crippen molar-refractivity contribution in [2.45, 2.75) is 6.42 Å². The van der Waals surface area contributed by atoms with Crippen molar-refractivity contribution < 1.29 is 13.9 Å². The molecule has 0 amide bonds. The van der Waals surface area contributed by atoms with Gasteiger partial charge in [0.1, 0.15) is 18.7 Å². The van der Waals surface area contributed by atoms with Gasteiger partial charge in [0.15, 0.2) is 11.6 Å². The molecule has 0 unspecified atom stereocenters. The number of methoxy groups -OCH3 is 1. The lowest BCUT2D eigenvalue weighted by Gasteiger charge is -2.19. The van der Waals surface area contributed by atoms with Crippen LogP contribution >= 0.6 is 0 Å². The fraction of sp³-hybridized carbons (Fsp3) is 0.286. The topological polar surface area (TPSA) is 73.5 Å². The second-order valence-corrected chi connectivity index (χ2v) is 4.70. The molecule has 0 radical (unpaired) electrons. The number of fused-ring (bicyclic) bond motifs is 1. The summed E-state index contributed by atoms with van der Waals surface area (Å²) in [7, 11) is 1.61. The molecule has 2 N–H and O–H groups in total. The number of nitrogens with two attached hydrogens (primary N) is 1. The molecule has 1 aliphatic heterocycles. The SMILES string of the molecule is COCN1CCc2ncnc(Oc3ccc(N)cc3F)c21. The van der Waals surface area contributed by atoms with Gasteiger partial charge in [-0.2, -0.15) is 4.98 Å². The van der Waals surface area contributed by atoms with Gasteiger partial charge < -0.3 is 20.1 Å². The van der Waals surface area contributed by atoms with Crippen LogP contribution in [0.3, 0.4) is 0 Å². The molecular weight excluding hydrogens is 275 g/mol. The second-order valence-electron chi connectivity index (χ2n) is 4.70. The smallest absolute Gasteiger partial charge is 0.246 e. The van der Waals surface area contributed by atoms with Crippen LogP contribution in [-0.2, 0) is 11.2 Å². The van der Waals surface area contributed by atoms with E-state index in [0.717, 1.165) is 24.3 Å². The fourth-order valence-corrected chi connectivity index (χ4v) is 2.31. The maximum absolute atomic E-state index is 13.8. The Morgan fingerprint density at radius 1 is 1.38 bits per heavy atom. The van der Waals surface area contributed by atoms with E-state index in [0.29, 0.717) is 18.3 Å². The Morgan fingerprint density at radius 2 is 2.24 bits per heavy atom. The number of aromatic nitrogens is 2. The number of anilines is 2. The molecule has 1 aromatic carbocycles. The normalized spacial score (nSPS) is 13.3. The summed E-state index contributed by atoms with van der Waals surface area (Å²) >= 11 is 0. The fourth-order valence-electron chi connectivity index (χ4n) is 2.31. The maximum Gasteiger partial charge on any atom is 0.246 e. The van der Waals surface area contributed by atoms with E-state index in [9.17, 15) is 4.39 Å². The lowest BCUT2D eigenvalue weighted by Crippen LogP contribution is -2.23. The average molecular weight is 290 g/mol. The standard InChI is InChI=1S/C14H15FN4O2/c1-20-8-19-5-4-11-13(19)14(18-7-17-11)21-12-3-2-9(16)6-10(12)15/h2-3,6-7H,4-5,8,16H2,1H3. The summed E-state index contributed by atoms with van der Waals surface area (Å²) in [5.41, 5.74) is 7.48. The molecule has 7 heteroatoms. The number of benzene rings is 1. The summed E-state index contributed by atoms with van der Waals surface area (Å²) < 4.78 is 24.6. The molecule has 1 aliphatic rings. The number of halogens is 1. The lowest BCUT2D eigenvalue weighted by atomic mass is 10.3. The Labute approximate surface area is 121 Å². The predicted octanol–water partition coefficient (Wildman–Crippen LogP) is 1.96. The zero-order valence-electron chi connectivity index (χ0n) is 11.5. The van der Waals surface area contributed by atoms with Gasteiger partial charge in [0.05, 0.1) is 5.69 Å². The molecule has 0 spiro atoms. The molecule has 0 saturated carbocycles. The van der Waals surface area contributed by atoms with Gasteiger partial charge in [-0.3, -0.25) is 0 Å². The third-order valence-electron chi connectivity index (χ3n) is 3.25. The van der Waals surface area contributed by atoms with Crippen molar-refractivity contribution >= 4 is 11.4 Å². The van der Waals surface area contributed by atoms with E-state index in [1.807, 2.05) is 4.90 Å². The molecule has 0 saturated heterocycles. The maximum atomic E-state index is 13.8. The molecular formula is C14H15FN4O2. The van der Waals surface area contributed by atoms with Crippen molar-refractivity contribution in [2.24, 2.45) is 0 Å². The summed E-state index contributed by atoms with van der Waals surface area (Å²) in [4.78, 5) is 10.3. The van der Waals surface area contributed by atoms with Crippen LogP contribution in [0.25, 0.3) is 0 Å². The monoisotopic (exact) mass is 290 g/mol. The second kappa shape index (κ2) is 5.53. The number of nitrogen functional groups attached to an aromatic ring is 1. The van der Waals surface area contributed by atoms with Crippen molar-refractivity contribution in [1.29, 1.82) is 0 Å². The van der Waals surface area contributed by atoms with Crippen molar-refractivity contribution in [3.8, 4) is 11.6 Å². The largest absolute Gasteiger partial charge is 0.434 e. The first-order chi connectivity index (χ1) is 10.2. The molecule has 0 bridgehead atoms. The van der Waals surface area contributed by atoms with Gasteiger partial charge in [-0.25, -0.2) is 9.37 Å². The van der Waals surface area contributed by atoms with E-state index in [1.54, 1.807) is 13.2 Å². The lowest BCUT2D eigenvalue weighted by molar-refractivity contribution is 0.199. The van der Waals surface area contributed by atoms with E-state index >= 15 is 0 Å². The molecule has 2 aromatic rings. The van der Waals surface area contributed by atoms with Crippen LogP contribution in [-0.4, -0.2) is 30.4 Å². The molecule has 2 heterocycles. The van der Waals surface area contributed by atoms with Crippen LogP contribution < -0.4 is 15.4 Å². The van der Waals surface area contributed by atoms with Crippen molar-refractivity contribution in [2.75, 3.05) is 31.0 Å². The Hall–Kier alpha value is -2.41. The van der Waals surface area contributed by atoms with Crippen molar-refractivity contribution in [3.63, 3.8) is 0 Å². The molecule has 0 fully saturated rings. The van der Waals surface area contributed by atoms with Crippen molar-refractivity contribution in [3.05, 3.63) is 36.0 Å². The summed E-state index contributed by atoms with van der Waals surface area (Å²) in [6.07, 6.45) is 2.20. The molecule has 6 nitrogen and oxygen atoms in total. The number of hydrogen-bond donors (Lipinski definition) is 1. The minimum atomic E-state index is -0.529. The average Bonchev–Trinajstić information content (AvgIpc) is 2.87. The molecule has 21 heavy (non-hydrogen) atoms. The van der Waals surface area contributed by atoms with E-state index in [1.165, 1.54) is 18.5 Å². The van der Waals surface area contributed by atoms with E-state index in [2.05, 4.69) is 9.97 Å². The molecule has 0 aliphatic carbocycles. The molecule has 1 aromatic heterocycles. The van der Waals surface area contributed by atoms with Gasteiger partial charge in [-0.05, 0) is 12.1 Å². The van der Waals surface area contributed by atoms with Gasteiger partial charge in [-0.1, -0.05) is 0 Å². The highest BCUT2D eigenvalue weighted by atomic mass is 19.1. The van der Waals surface area contributed by atoms with E-state index in [-0.39, 0.29) is 5.75 Å². The third-order valence-corrected chi connectivity index (χ3v) is 3.25. The van der Waals surface area contributed by atoms with Crippen LogP contribution in [0.2, 0.25) is 0 Å². The first kappa shape index (κ1) is 13.6. The summed E-state index contributed by atoms with van der Waals surface area (Å²) in [5.74, 6) is -0.133. The van der Waals surface area contributed by atoms with E-state index in [4.69, 9.17) is 15.2 Å². The predicted molar refractivity (Wildman–Crippen MR) is 75.8 cm³/mol. The number of ether oxygens (including phenoxy) is 2. The highest BCUT2D eigenvalue weighted by Crippen LogP contribution is 2.37. The number of rotatable bonds is 4. The Kier molecular flexibility index (Phi) is 3.57. The van der Waals surface area contributed by atoms with Crippen LogP contribution in [0.4, 0.5) is 15.8 Å². The highest BCUT2D eigenvalue weighted by Gasteiger charge is 2.26. The van der Waals surface area contributed by atoms with Gasteiger partial charge in [0, 0.05) is 31.8 Å². The third kappa shape index (κ3) is 2.59.